The monoisotopic (exact) mass is 277 g/mol. The van der Waals surface area contributed by atoms with E-state index in [9.17, 15) is 14.7 Å². The molecule has 1 aliphatic rings. The van der Waals surface area contributed by atoms with Crippen molar-refractivity contribution < 1.29 is 19.8 Å². The van der Waals surface area contributed by atoms with Crippen molar-refractivity contribution in [1.29, 1.82) is 0 Å². The van der Waals surface area contributed by atoms with Gasteiger partial charge in [-0.05, 0) is 37.8 Å². The third-order valence-corrected chi connectivity index (χ3v) is 3.75. The van der Waals surface area contributed by atoms with Gasteiger partial charge in [-0.1, -0.05) is 11.6 Å². The second-order valence-corrected chi connectivity index (χ2v) is 5.35. The first-order chi connectivity index (χ1) is 9.47. The van der Waals surface area contributed by atoms with Gasteiger partial charge in [0.1, 0.15) is 5.75 Å². The molecule has 20 heavy (non-hydrogen) atoms. The number of carbonyl (C=O) groups is 2. The molecule has 5 heteroatoms. The minimum atomic E-state index is -0.786. The highest BCUT2D eigenvalue weighted by Gasteiger charge is 2.26. The molecule has 0 saturated carbocycles. The molecule has 1 saturated heterocycles. The molecule has 0 aliphatic carbocycles. The Morgan fingerprint density at radius 1 is 1.30 bits per heavy atom. The van der Waals surface area contributed by atoms with Gasteiger partial charge in [0.05, 0.1) is 5.56 Å². The Morgan fingerprint density at radius 2 is 1.95 bits per heavy atom. The zero-order valence-electron chi connectivity index (χ0n) is 11.5. The molecule has 5 nitrogen and oxygen atoms in total. The van der Waals surface area contributed by atoms with Crippen molar-refractivity contribution in [3.05, 3.63) is 29.3 Å². The lowest BCUT2D eigenvalue weighted by Gasteiger charge is -2.31. The molecule has 0 atom stereocenters. The van der Waals surface area contributed by atoms with E-state index in [4.69, 9.17) is 5.11 Å². The maximum absolute atomic E-state index is 12.4. The van der Waals surface area contributed by atoms with Crippen LogP contribution in [-0.2, 0) is 4.79 Å². The van der Waals surface area contributed by atoms with Crippen LogP contribution in [0.15, 0.2) is 18.2 Å². The van der Waals surface area contributed by atoms with E-state index < -0.39 is 5.97 Å². The number of phenols is 1. The van der Waals surface area contributed by atoms with Crippen LogP contribution in [0.1, 0.15) is 35.2 Å². The molecule has 1 aromatic rings. The number of carboxylic acids is 1. The van der Waals surface area contributed by atoms with Gasteiger partial charge in [-0.15, -0.1) is 0 Å². The summed E-state index contributed by atoms with van der Waals surface area (Å²) in [4.78, 5) is 24.7. The lowest BCUT2D eigenvalue weighted by atomic mass is 9.93. The molecule has 2 rings (SSSR count). The summed E-state index contributed by atoms with van der Waals surface area (Å²) in [5, 5.41) is 18.6. The maximum Gasteiger partial charge on any atom is 0.303 e. The lowest BCUT2D eigenvalue weighted by Crippen LogP contribution is -2.39. The van der Waals surface area contributed by atoms with Crippen LogP contribution in [0, 0.1) is 12.8 Å². The van der Waals surface area contributed by atoms with Crippen molar-refractivity contribution >= 4 is 11.9 Å². The Balaban J connectivity index is 2.01. The molecule has 0 radical (unpaired) electrons. The van der Waals surface area contributed by atoms with E-state index in [2.05, 4.69) is 0 Å². The van der Waals surface area contributed by atoms with E-state index in [1.54, 1.807) is 17.0 Å². The summed E-state index contributed by atoms with van der Waals surface area (Å²) < 4.78 is 0. The standard InChI is InChI=1S/C15H19NO4/c1-10-2-3-13(17)12(8-10)15(20)16-6-4-11(5-7-16)9-14(18)19/h2-3,8,11,17H,4-7,9H2,1H3,(H,18,19). The molecule has 1 amide bonds. The summed E-state index contributed by atoms with van der Waals surface area (Å²) in [6, 6.07) is 4.96. The van der Waals surface area contributed by atoms with Crippen LogP contribution in [0.4, 0.5) is 0 Å². The molecular formula is C15H19NO4. The van der Waals surface area contributed by atoms with Crippen molar-refractivity contribution in [3.8, 4) is 5.75 Å². The molecule has 1 aromatic carbocycles. The van der Waals surface area contributed by atoms with Gasteiger partial charge in [0.15, 0.2) is 0 Å². The molecule has 1 fully saturated rings. The first kappa shape index (κ1) is 14.4. The number of benzene rings is 1. The highest BCUT2D eigenvalue weighted by molar-refractivity contribution is 5.97. The third-order valence-electron chi connectivity index (χ3n) is 3.75. The van der Waals surface area contributed by atoms with Gasteiger partial charge in [-0.25, -0.2) is 0 Å². The summed E-state index contributed by atoms with van der Waals surface area (Å²) in [7, 11) is 0. The van der Waals surface area contributed by atoms with Gasteiger partial charge in [-0.3, -0.25) is 9.59 Å². The summed E-state index contributed by atoms with van der Waals surface area (Å²) in [5.41, 5.74) is 1.24. The van der Waals surface area contributed by atoms with Crippen molar-refractivity contribution in [3.63, 3.8) is 0 Å². The van der Waals surface area contributed by atoms with Crippen LogP contribution in [-0.4, -0.2) is 40.1 Å². The molecular weight excluding hydrogens is 258 g/mol. The lowest BCUT2D eigenvalue weighted by molar-refractivity contribution is -0.138. The largest absolute Gasteiger partial charge is 0.507 e. The number of likely N-dealkylation sites (tertiary alicyclic amines) is 1. The van der Waals surface area contributed by atoms with E-state index >= 15 is 0 Å². The smallest absolute Gasteiger partial charge is 0.303 e. The Kier molecular flexibility index (Phi) is 4.27. The Bertz CT molecular complexity index is 519. The van der Waals surface area contributed by atoms with Gasteiger partial charge in [0.25, 0.3) is 5.91 Å². The topological polar surface area (TPSA) is 77.8 Å². The predicted octanol–water partition coefficient (Wildman–Crippen LogP) is 2.03. The van der Waals surface area contributed by atoms with Crippen molar-refractivity contribution in [2.75, 3.05) is 13.1 Å². The second-order valence-electron chi connectivity index (χ2n) is 5.35. The van der Waals surface area contributed by atoms with E-state index in [0.29, 0.717) is 31.5 Å². The number of carboxylic acid groups (broad SMARTS) is 1. The fourth-order valence-electron chi connectivity index (χ4n) is 2.58. The number of aryl methyl sites for hydroxylation is 1. The normalized spacial score (nSPS) is 16.1. The summed E-state index contributed by atoms with van der Waals surface area (Å²) >= 11 is 0. The van der Waals surface area contributed by atoms with Crippen molar-refractivity contribution in [2.24, 2.45) is 5.92 Å². The molecule has 1 heterocycles. The van der Waals surface area contributed by atoms with Crippen LogP contribution >= 0.6 is 0 Å². The zero-order chi connectivity index (χ0) is 14.7. The Labute approximate surface area is 117 Å². The zero-order valence-corrected chi connectivity index (χ0v) is 11.5. The van der Waals surface area contributed by atoms with E-state index in [0.717, 1.165) is 5.56 Å². The fraction of sp³-hybridized carbons (Fsp3) is 0.467. The molecule has 0 bridgehead atoms. The van der Waals surface area contributed by atoms with E-state index in [1.807, 2.05) is 6.92 Å². The van der Waals surface area contributed by atoms with Gasteiger partial charge in [0.2, 0.25) is 0 Å². The number of piperidine rings is 1. The van der Waals surface area contributed by atoms with E-state index in [-0.39, 0.29) is 24.0 Å². The molecule has 108 valence electrons. The molecule has 0 aromatic heterocycles. The van der Waals surface area contributed by atoms with Gasteiger partial charge in [-0.2, -0.15) is 0 Å². The number of nitrogens with zero attached hydrogens (tertiary/aromatic N) is 1. The number of amides is 1. The first-order valence-electron chi connectivity index (χ1n) is 6.78. The number of rotatable bonds is 3. The predicted molar refractivity (Wildman–Crippen MR) is 73.7 cm³/mol. The fourth-order valence-corrected chi connectivity index (χ4v) is 2.58. The van der Waals surface area contributed by atoms with Gasteiger partial charge >= 0.3 is 5.97 Å². The summed E-state index contributed by atoms with van der Waals surface area (Å²) in [6.45, 7) is 2.96. The molecule has 1 aliphatic heterocycles. The van der Waals surface area contributed by atoms with E-state index in [1.165, 1.54) is 6.07 Å². The number of aromatic hydroxyl groups is 1. The molecule has 2 N–H and O–H groups in total. The minimum Gasteiger partial charge on any atom is -0.507 e. The van der Waals surface area contributed by atoms with Crippen LogP contribution in [0.2, 0.25) is 0 Å². The number of aliphatic carboxylic acids is 1. The Hall–Kier alpha value is -2.04. The van der Waals surface area contributed by atoms with Gasteiger partial charge < -0.3 is 15.1 Å². The number of hydrogen-bond acceptors (Lipinski definition) is 3. The third kappa shape index (κ3) is 3.29. The highest BCUT2D eigenvalue weighted by atomic mass is 16.4. The first-order valence-corrected chi connectivity index (χ1v) is 6.78. The maximum atomic E-state index is 12.4. The second kappa shape index (κ2) is 5.94. The minimum absolute atomic E-state index is 0.00624. The van der Waals surface area contributed by atoms with Crippen LogP contribution in [0.3, 0.4) is 0 Å². The van der Waals surface area contributed by atoms with Crippen LogP contribution < -0.4 is 0 Å². The van der Waals surface area contributed by atoms with Crippen molar-refractivity contribution in [2.45, 2.75) is 26.2 Å². The van der Waals surface area contributed by atoms with Crippen LogP contribution in [0.25, 0.3) is 0 Å². The molecule has 0 unspecified atom stereocenters. The quantitative estimate of drug-likeness (QED) is 0.886. The number of carbonyl (C=O) groups excluding carboxylic acids is 1. The average Bonchev–Trinajstić information content (AvgIpc) is 2.41. The number of hydrogen-bond donors (Lipinski definition) is 2. The highest BCUT2D eigenvalue weighted by Crippen LogP contribution is 2.25. The summed E-state index contributed by atoms with van der Waals surface area (Å²) in [5.74, 6) is -0.831. The summed E-state index contributed by atoms with van der Waals surface area (Å²) in [6.07, 6.45) is 1.56. The van der Waals surface area contributed by atoms with Crippen LogP contribution in [0.5, 0.6) is 5.75 Å². The molecule has 0 spiro atoms. The SMILES string of the molecule is Cc1ccc(O)c(C(=O)N2CCC(CC(=O)O)CC2)c1. The average molecular weight is 277 g/mol. The van der Waals surface area contributed by atoms with Crippen molar-refractivity contribution in [1.82, 2.24) is 4.90 Å². The Morgan fingerprint density at radius 3 is 2.55 bits per heavy atom. The van der Waals surface area contributed by atoms with Gasteiger partial charge in [0, 0.05) is 19.5 Å². The number of phenolic OH excluding ortho intramolecular Hbond substituents is 1.